The van der Waals surface area contributed by atoms with Crippen LogP contribution in [0.5, 0.6) is 5.75 Å². The zero-order valence-electron chi connectivity index (χ0n) is 14.8. The van der Waals surface area contributed by atoms with Crippen molar-refractivity contribution in [1.29, 1.82) is 0 Å². The molecule has 1 N–H and O–H groups in total. The Morgan fingerprint density at radius 1 is 1.19 bits per heavy atom. The molecule has 26 heavy (non-hydrogen) atoms. The Labute approximate surface area is 158 Å². The third-order valence-corrected chi connectivity index (χ3v) is 5.48. The predicted octanol–water partition coefficient (Wildman–Crippen LogP) is 3.06. The van der Waals surface area contributed by atoms with Crippen LogP contribution in [-0.2, 0) is 21.4 Å². The van der Waals surface area contributed by atoms with Crippen molar-refractivity contribution in [1.82, 2.24) is 4.31 Å². The van der Waals surface area contributed by atoms with E-state index in [1.54, 1.807) is 49.4 Å². The molecule has 2 aromatic rings. The summed E-state index contributed by atoms with van der Waals surface area (Å²) < 4.78 is 30.6. The number of nitrogens with zero attached hydrogens (tertiary/aromatic N) is 1. The van der Waals surface area contributed by atoms with Gasteiger partial charge in [0, 0.05) is 22.8 Å². The van der Waals surface area contributed by atoms with E-state index >= 15 is 0 Å². The van der Waals surface area contributed by atoms with Crippen molar-refractivity contribution < 1.29 is 17.9 Å². The Morgan fingerprint density at radius 2 is 1.88 bits per heavy atom. The van der Waals surface area contributed by atoms with Gasteiger partial charge in [-0.3, -0.25) is 4.79 Å². The van der Waals surface area contributed by atoms with Crippen molar-refractivity contribution in [3.05, 3.63) is 58.6 Å². The minimum absolute atomic E-state index is 0.0325. The molecule has 0 aliphatic heterocycles. The molecule has 0 spiro atoms. The molecule has 0 aliphatic carbocycles. The summed E-state index contributed by atoms with van der Waals surface area (Å²) in [6.07, 6.45) is 1.07. The Morgan fingerprint density at radius 3 is 2.54 bits per heavy atom. The van der Waals surface area contributed by atoms with Gasteiger partial charge in [-0.1, -0.05) is 35.9 Å². The molecule has 0 heterocycles. The predicted molar refractivity (Wildman–Crippen MR) is 103 cm³/mol. The zero-order chi connectivity index (χ0) is 19.3. The van der Waals surface area contributed by atoms with Gasteiger partial charge in [-0.05, 0) is 30.7 Å². The Hall–Kier alpha value is -2.09. The van der Waals surface area contributed by atoms with Crippen molar-refractivity contribution in [2.75, 3.05) is 25.2 Å². The van der Waals surface area contributed by atoms with E-state index in [9.17, 15) is 13.2 Å². The number of benzene rings is 2. The molecule has 0 saturated carbocycles. The van der Waals surface area contributed by atoms with E-state index < -0.39 is 15.9 Å². The van der Waals surface area contributed by atoms with Gasteiger partial charge in [0.2, 0.25) is 15.9 Å². The summed E-state index contributed by atoms with van der Waals surface area (Å²) >= 11 is 6.04. The highest BCUT2D eigenvalue weighted by molar-refractivity contribution is 7.88. The first kappa shape index (κ1) is 20.2. The van der Waals surface area contributed by atoms with Gasteiger partial charge in [0.05, 0.1) is 19.9 Å². The van der Waals surface area contributed by atoms with Crippen LogP contribution < -0.4 is 10.1 Å². The van der Waals surface area contributed by atoms with Crippen LogP contribution in [0.2, 0.25) is 5.02 Å². The van der Waals surface area contributed by atoms with Crippen molar-refractivity contribution in [3.8, 4) is 5.75 Å². The first-order valence-corrected chi connectivity index (χ1v) is 10.1. The van der Waals surface area contributed by atoms with Gasteiger partial charge in [0.15, 0.2) is 0 Å². The quantitative estimate of drug-likeness (QED) is 0.780. The van der Waals surface area contributed by atoms with Crippen LogP contribution in [0.1, 0.15) is 11.1 Å². The SMILES string of the molecule is COc1ccccc1CN(CC(=O)Nc1cccc(Cl)c1C)S(C)(=O)=O. The molecule has 0 atom stereocenters. The first-order valence-electron chi connectivity index (χ1n) is 7.84. The summed E-state index contributed by atoms with van der Waals surface area (Å²) in [5.41, 5.74) is 1.94. The van der Waals surface area contributed by atoms with Gasteiger partial charge in [0.1, 0.15) is 5.75 Å². The van der Waals surface area contributed by atoms with Gasteiger partial charge in [-0.2, -0.15) is 4.31 Å². The largest absolute Gasteiger partial charge is 0.496 e. The molecule has 140 valence electrons. The molecule has 0 aromatic heterocycles. The average molecular weight is 397 g/mol. The van der Waals surface area contributed by atoms with Crippen LogP contribution in [-0.4, -0.2) is 38.5 Å². The number of ether oxygens (including phenoxy) is 1. The summed E-state index contributed by atoms with van der Waals surface area (Å²) in [6, 6.07) is 12.2. The van der Waals surface area contributed by atoms with Crippen LogP contribution in [0.3, 0.4) is 0 Å². The van der Waals surface area contributed by atoms with E-state index in [-0.39, 0.29) is 13.1 Å². The second-order valence-electron chi connectivity index (χ2n) is 5.80. The van der Waals surface area contributed by atoms with E-state index in [2.05, 4.69) is 5.32 Å². The number of carbonyl (C=O) groups is 1. The summed E-state index contributed by atoms with van der Waals surface area (Å²) in [4.78, 5) is 12.4. The Balaban J connectivity index is 2.18. The standard InChI is InChI=1S/C18H21ClN2O4S/c1-13-15(19)8-6-9-16(13)20-18(22)12-21(26(3,23)24)11-14-7-4-5-10-17(14)25-2/h4-10H,11-12H2,1-3H3,(H,20,22). The summed E-state index contributed by atoms with van der Waals surface area (Å²) in [5.74, 6) is 0.114. The maximum absolute atomic E-state index is 12.4. The third kappa shape index (κ3) is 5.20. The Bertz CT molecular complexity index is 900. The fraction of sp³-hybridized carbons (Fsp3) is 0.278. The minimum Gasteiger partial charge on any atom is -0.496 e. The van der Waals surface area contributed by atoms with Gasteiger partial charge in [-0.15, -0.1) is 0 Å². The number of hydrogen-bond acceptors (Lipinski definition) is 4. The molecule has 8 heteroatoms. The number of para-hydroxylation sites is 1. The fourth-order valence-electron chi connectivity index (χ4n) is 2.41. The first-order chi connectivity index (χ1) is 12.2. The molecule has 6 nitrogen and oxygen atoms in total. The highest BCUT2D eigenvalue weighted by Crippen LogP contribution is 2.23. The van der Waals surface area contributed by atoms with E-state index in [0.29, 0.717) is 22.0 Å². The van der Waals surface area contributed by atoms with Crippen LogP contribution >= 0.6 is 11.6 Å². The van der Waals surface area contributed by atoms with E-state index in [4.69, 9.17) is 16.3 Å². The van der Waals surface area contributed by atoms with Crippen LogP contribution in [0.4, 0.5) is 5.69 Å². The van der Waals surface area contributed by atoms with Gasteiger partial charge in [0.25, 0.3) is 0 Å². The number of hydrogen-bond donors (Lipinski definition) is 1. The molecule has 0 bridgehead atoms. The molecule has 0 fully saturated rings. The number of halogens is 1. The van der Waals surface area contributed by atoms with E-state index in [1.165, 1.54) is 7.11 Å². The van der Waals surface area contributed by atoms with Crippen molar-refractivity contribution in [2.45, 2.75) is 13.5 Å². The molecular weight excluding hydrogens is 376 g/mol. The van der Waals surface area contributed by atoms with E-state index in [1.807, 2.05) is 0 Å². The van der Waals surface area contributed by atoms with E-state index in [0.717, 1.165) is 16.1 Å². The lowest BCUT2D eigenvalue weighted by molar-refractivity contribution is -0.116. The number of anilines is 1. The average Bonchev–Trinajstić information content (AvgIpc) is 2.58. The zero-order valence-corrected chi connectivity index (χ0v) is 16.4. The number of sulfonamides is 1. The smallest absolute Gasteiger partial charge is 0.239 e. The van der Waals surface area contributed by atoms with Crippen LogP contribution in [0.25, 0.3) is 0 Å². The van der Waals surface area contributed by atoms with Crippen molar-refractivity contribution >= 4 is 33.2 Å². The topological polar surface area (TPSA) is 75.7 Å². The Kier molecular flexibility index (Phi) is 6.63. The summed E-state index contributed by atoms with van der Waals surface area (Å²) in [5, 5.41) is 3.23. The van der Waals surface area contributed by atoms with Gasteiger partial charge < -0.3 is 10.1 Å². The molecule has 0 radical (unpaired) electrons. The number of methoxy groups -OCH3 is 1. The molecule has 0 aliphatic rings. The maximum Gasteiger partial charge on any atom is 0.239 e. The molecule has 0 saturated heterocycles. The fourth-order valence-corrected chi connectivity index (χ4v) is 3.31. The lowest BCUT2D eigenvalue weighted by Crippen LogP contribution is -2.37. The highest BCUT2D eigenvalue weighted by atomic mass is 35.5. The number of carbonyl (C=O) groups excluding carboxylic acids is 1. The highest BCUT2D eigenvalue weighted by Gasteiger charge is 2.22. The monoisotopic (exact) mass is 396 g/mol. The second-order valence-corrected chi connectivity index (χ2v) is 8.19. The molecule has 1 amide bonds. The van der Waals surface area contributed by atoms with Crippen molar-refractivity contribution in [3.63, 3.8) is 0 Å². The number of amides is 1. The summed E-state index contributed by atoms with van der Waals surface area (Å²) in [6.45, 7) is 1.49. The maximum atomic E-state index is 12.4. The minimum atomic E-state index is -3.60. The molecular formula is C18H21ClN2O4S. The second kappa shape index (κ2) is 8.53. The van der Waals surface area contributed by atoms with Gasteiger partial charge >= 0.3 is 0 Å². The lowest BCUT2D eigenvalue weighted by Gasteiger charge is -2.21. The van der Waals surface area contributed by atoms with Crippen molar-refractivity contribution in [2.24, 2.45) is 0 Å². The van der Waals surface area contributed by atoms with Gasteiger partial charge in [-0.25, -0.2) is 8.42 Å². The number of rotatable bonds is 7. The summed E-state index contributed by atoms with van der Waals surface area (Å²) in [7, 11) is -2.09. The third-order valence-electron chi connectivity index (χ3n) is 3.87. The lowest BCUT2D eigenvalue weighted by atomic mass is 10.2. The normalized spacial score (nSPS) is 11.4. The molecule has 2 aromatic carbocycles. The number of nitrogens with one attached hydrogen (secondary N) is 1. The van der Waals surface area contributed by atoms with Crippen LogP contribution in [0.15, 0.2) is 42.5 Å². The molecule has 0 unspecified atom stereocenters. The molecule has 2 rings (SSSR count). The van der Waals surface area contributed by atoms with Crippen LogP contribution in [0, 0.1) is 6.92 Å².